The molecule has 0 N–H and O–H groups in total. The highest BCUT2D eigenvalue weighted by Gasteiger charge is 2.34. The van der Waals surface area contributed by atoms with Crippen molar-refractivity contribution >= 4 is 11.6 Å². The zero-order valence-corrected chi connectivity index (χ0v) is 8.44. The Balaban J connectivity index is 2.47. The van der Waals surface area contributed by atoms with Gasteiger partial charge in [0.2, 0.25) is 6.67 Å². The van der Waals surface area contributed by atoms with E-state index in [0.29, 0.717) is 11.6 Å². The zero-order valence-electron chi connectivity index (χ0n) is 11.4. The molecule has 0 atom stereocenters. The van der Waals surface area contributed by atoms with E-state index in [2.05, 4.69) is 16.6 Å². The largest absolute Gasteiger partial charge is 0.326 e. The molecule has 0 bridgehead atoms. The van der Waals surface area contributed by atoms with E-state index in [1.54, 1.807) is 11.1 Å². The highest BCUT2D eigenvalue weighted by Crippen LogP contribution is 2.37. The van der Waals surface area contributed by atoms with E-state index in [0.717, 1.165) is 4.90 Å². The van der Waals surface area contributed by atoms with Crippen LogP contribution >= 0.6 is 0 Å². The molecule has 2 heterocycles. The van der Waals surface area contributed by atoms with Gasteiger partial charge in [0.1, 0.15) is 0 Å². The van der Waals surface area contributed by atoms with Crippen LogP contribution in [0.4, 0.5) is 11.6 Å². The molecule has 1 aromatic rings. The Labute approximate surface area is 88.8 Å². The maximum absolute atomic E-state index is 7.46. The average Bonchev–Trinajstić information content (AvgIpc) is 2.55. The summed E-state index contributed by atoms with van der Waals surface area (Å²) in [6.45, 7) is 6.39. The molecule has 1 aliphatic heterocycles. The van der Waals surface area contributed by atoms with Crippen LogP contribution in [0, 0.1) is 6.67 Å². The molecule has 4 heteroatoms. The Morgan fingerprint density at radius 2 is 1.93 bits per heavy atom. The standard InChI is InChI=1S/C10H14N4/c1-10(2,3)14-7-13(4)8-9(14)12-6-5-11-8/h5-6H,1-4H3/i4D3. The Bertz CT molecular complexity index is 385. The van der Waals surface area contributed by atoms with Crippen LogP contribution in [0.1, 0.15) is 24.9 Å². The summed E-state index contributed by atoms with van der Waals surface area (Å²) in [5.74, 6) is 0.846. The highest BCUT2D eigenvalue weighted by atomic mass is 15.4. The summed E-state index contributed by atoms with van der Waals surface area (Å²) < 4.78 is 22.4. The monoisotopic (exact) mass is 193 g/mol. The summed E-state index contributed by atoms with van der Waals surface area (Å²) in [6.07, 6.45) is 3.02. The molecule has 0 unspecified atom stereocenters. The van der Waals surface area contributed by atoms with Gasteiger partial charge in [-0.1, -0.05) is 0 Å². The van der Waals surface area contributed by atoms with Gasteiger partial charge in [0.05, 0.1) is 0 Å². The van der Waals surface area contributed by atoms with Crippen molar-refractivity contribution < 1.29 is 4.11 Å². The molecule has 1 aliphatic rings. The molecule has 74 valence electrons. The summed E-state index contributed by atoms with van der Waals surface area (Å²) in [6, 6.07) is 0. The second kappa shape index (κ2) is 2.83. The van der Waals surface area contributed by atoms with Crippen LogP contribution < -0.4 is 9.80 Å². The van der Waals surface area contributed by atoms with Crippen LogP contribution in [0.15, 0.2) is 12.4 Å². The first-order valence-electron chi connectivity index (χ1n) is 5.89. The summed E-state index contributed by atoms with van der Waals surface area (Å²) in [4.78, 5) is 11.0. The predicted molar refractivity (Wildman–Crippen MR) is 55.9 cm³/mol. The quantitative estimate of drug-likeness (QED) is 0.625. The van der Waals surface area contributed by atoms with Crippen LogP contribution in [0.3, 0.4) is 0 Å². The van der Waals surface area contributed by atoms with Crippen molar-refractivity contribution in [2.24, 2.45) is 0 Å². The van der Waals surface area contributed by atoms with Gasteiger partial charge in [-0.15, -0.1) is 0 Å². The normalized spacial score (nSPS) is 20.1. The molecule has 0 fully saturated rings. The summed E-state index contributed by atoms with van der Waals surface area (Å²) in [5, 5.41) is 0. The van der Waals surface area contributed by atoms with E-state index in [4.69, 9.17) is 4.11 Å². The molecule has 2 rings (SSSR count). The number of aromatic nitrogens is 2. The van der Waals surface area contributed by atoms with E-state index in [1.165, 1.54) is 6.20 Å². The third kappa shape index (κ3) is 1.31. The number of hydrogen-bond acceptors (Lipinski definition) is 4. The third-order valence-electron chi connectivity index (χ3n) is 1.95. The van der Waals surface area contributed by atoms with Crippen LogP contribution in [0.2, 0.25) is 0 Å². The number of rotatable bonds is 0. The molecule has 0 saturated carbocycles. The Morgan fingerprint density at radius 3 is 2.50 bits per heavy atom. The number of anilines is 2. The SMILES string of the molecule is [2H]C([2H])([2H])N1[C]N(C(C)(C)C)c2nccnc21. The first-order chi connectivity index (χ1) is 7.71. The molecule has 0 aromatic carbocycles. The van der Waals surface area contributed by atoms with Crippen molar-refractivity contribution in [1.29, 1.82) is 0 Å². The molecular weight excluding hydrogens is 176 g/mol. The van der Waals surface area contributed by atoms with E-state index in [1.807, 2.05) is 20.8 Å². The predicted octanol–water partition coefficient (Wildman–Crippen LogP) is 1.53. The molecule has 0 aliphatic carbocycles. The minimum Gasteiger partial charge on any atom is -0.326 e. The molecule has 0 spiro atoms. The van der Waals surface area contributed by atoms with Crippen LogP contribution in [-0.4, -0.2) is 22.5 Å². The van der Waals surface area contributed by atoms with Gasteiger partial charge in [-0.2, -0.15) is 0 Å². The molecular formula is C10H14N4. The fraction of sp³-hybridized carbons (Fsp3) is 0.500. The first kappa shape index (κ1) is 6.22. The highest BCUT2D eigenvalue weighted by molar-refractivity contribution is 5.71. The number of fused-ring (bicyclic) bond motifs is 1. The van der Waals surface area contributed by atoms with E-state index in [9.17, 15) is 0 Å². The van der Waals surface area contributed by atoms with Crippen molar-refractivity contribution in [3.63, 3.8) is 0 Å². The second-order valence-corrected chi connectivity index (χ2v) is 4.15. The maximum atomic E-state index is 7.46. The van der Waals surface area contributed by atoms with Gasteiger partial charge >= 0.3 is 0 Å². The number of hydrogen-bond donors (Lipinski definition) is 0. The zero-order chi connectivity index (χ0) is 12.8. The van der Waals surface area contributed by atoms with E-state index in [-0.39, 0.29) is 5.54 Å². The van der Waals surface area contributed by atoms with Crippen molar-refractivity contribution in [1.82, 2.24) is 9.97 Å². The summed E-state index contributed by atoms with van der Waals surface area (Å²) in [7, 11) is 0. The van der Waals surface area contributed by atoms with Crippen molar-refractivity contribution in [2.75, 3.05) is 16.8 Å². The minimum absolute atomic E-state index is 0.301. The van der Waals surface area contributed by atoms with Crippen molar-refractivity contribution in [3.8, 4) is 0 Å². The maximum Gasteiger partial charge on any atom is 0.211 e. The molecule has 2 radical (unpaired) electrons. The van der Waals surface area contributed by atoms with Gasteiger partial charge in [-0.3, -0.25) is 0 Å². The molecule has 14 heavy (non-hydrogen) atoms. The topological polar surface area (TPSA) is 32.3 Å². The third-order valence-corrected chi connectivity index (χ3v) is 1.95. The van der Waals surface area contributed by atoms with Gasteiger partial charge in [-0.25, -0.2) is 9.97 Å². The lowest BCUT2D eigenvalue weighted by atomic mass is 10.1. The van der Waals surface area contributed by atoms with Gasteiger partial charge in [0, 0.05) is 29.0 Å². The summed E-state index contributed by atoms with van der Waals surface area (Å²) in [5.41, 5.74) is -0.301. The number of nitrogens with zero attached hydrogens (tertiary/aromatic N) is 4. The lowest BCUT2D eigenvalue weighted by Crippen LogP contribution is -2.39. The average molecular weight is 193 g/mol. The lowest BCUT2D eigenvalue weighted by Gasteiger charge is -2.31. The van der Waals surface area contributed by atoms with Gasteiger partial charge in [0.15, 0.2) is 11.6 Å². The second-order valence-electron chi connectivity index (χ2n) is 4.15. The van der Waals surface area contributed by atoms with Gasteiger partial charge in [0.25, 0.3) is 0 Å². The van der Waals surface area contributed by atoms with Crippen LogP contribution in [0.25, 0.3) is 0 Å². The fourth-order valence-electron chi connectivity index (χ4n) is 1.30. The molecule has 1 aromatic heterocycles. The smallest absolute Gasteiger partial charge is 0.211 e. The molecule has 4 nitrogen and oxygen atoms in total. The van der Waals surface area contributed by atoms with Crippen LogP contribution in [-0.2, 0) is 0 Å². The Hall–Kier alpha value is -1.32. The fourth-order valence-corrected chi connectivity index (χ4v) is 1.30. The minimum atomic E-state index is -2.30. The van der Waals surface area contributed by atoms with Gasteiger partial charge < -0.3 is 9.80 Å². The summed E-state index contributed by atoms with van der Waals surface area (Å²) >= 11 is 0. The Kier molecular flexibility index (Phi) is 1.26. The van der Waals surface area contributed by atoms with E-state index < -0.39 is 6.98 Å². The van der Waals surface area contributed by atoms with Crippen molar-refractivity contribution in [2.45, 2.75) is 26.3 Å². The van der Waals surface area contributed by atoms with Crippen molar-refractivity contribution in [3.05, 3.63) is 19.1 Å². The van der Waals surface area contributed by atoms with Crippen LogP contribution in [0.5, 0.6) is 0 Å². The lowest BCUT2D eigenvalue weighted by molar-refractivity contribution is 0.537. The molecule has 0 amide bonds. The Morgan fingerprint density at radius 1 is 1.29 bits per heavy atom. The van der Waals surface area contributed by atoms with Gasteiger partial charge in [-0.05, 0) is 20.8 Å². The van der Waals surface area contributed by atoms with E-state index >= 15 is 0 Å². The molecule has 0 saturated heterocycles. The first-order valence-corrected chi connectivity index (χ1v) is 4.39.